The fourth-order valence-corrected chi connectivity index (χ4v) is 3.79. The van der Waals surface area contributed by atoms with Crippen LogP contribution < -0.4 is 3.18 Å². The summed E-state index contributed by atoms with van der Waals surface area (Å²) in [4.78, 5) is 0. The van der Waals surface area contributed by atoms with Crippen LogP contribution in [0.15, 0.2) is 41.8 Å². The average Bonchev–Trinajstić information content (AvgIpc) is 2.96. The Balaban J connectivity index is 0.00000108. The number of hydrogen-bond donors (Lipinski definition) is 0. The van der Waals surface area contributed by atoms with Gasteiger partial charge in [0.2, 0.25) is 0 Å². The monoisotopic (exact) mass is 295 g/mol. The molecule has 3 heteroatoms. The Morgan fingerprint density at radius 3 is 2.24 bits per heavy atom. The molecule has 0 N–H and O–H groups in total. The Morgan fingerprint density at radius 1 is 1.00 bits per heavy atom. The molecule has 0 spiro atoms. The Labute approximate surface area is 124 Å². The van der Waals surface area contributed by atoms with Gasteiger partial charge < -0.3 is 0 Å². The van der Waals surface area contributed by atoms with Gasteiger partial charge in [-0.25, -0.2) is 0 Å². The molecule has 17 heavy (non-hydrogen) atoms. The second-order valence-corrected chi connectivity index (χ2v) is 6.23. The van der Waals surface area contributed by atoms with Crippen molar-refractivity contribution in [1.29, 1.82) is 0 Å². The van der Waals surface area contributed by atoms with Gasteiger partial charge in [-0.3, -0.25) is 0 Å². The molecule has 0 radical (unpaired) electrons. The van der Waals surface area contributed by atoms with Crippen LogP contribution in [0, 0.1) is 0 Å². The van der Waals surface area contributed by atoms with Crippen molar-refractivity contribution in [2.75, 3.05) is 0 Å². The van der Waals surface area contributed by atoms with Gasteiger partial charge in [0.25, 0.3) is 0 Å². The van der Waals surface area contributed by atoms with Crippen LogP contribution in [0.25, 0.3) is 11.1 Å². The average molecular weight is 296 g/mol. The molecule has 1 heterocycles. The van der Waals surface area contributed by atoms with E-state index in [4.69, 9.17) is 0 Å². The first-order valence-electron chi connectivity index (χ1n) is 5.41. The summed E-state index contributed by atoms with van der Waals surface area (Å²) in [5.41, 5.74) is 5.86. The third-order valence-corrected chi connectivity index (χ3v) is 4.74. The van der Waals surface area contributed by atoms with Crippen molar-refractivity contribution in [3.63, 3.8) is 0 Å². The predicted octanol–water partition coefficient (Wildman–Crippen LogP) is 4.03. The summed E-state index contributed by atoms with van der Waals surface area (Å²) in [5.74, 6) is 0. The summed E-state index contributed by atoms with van der Waals surface area (Å²) in [6.45, 7) is 0. The minimum atomic E-state index is 0. The molecule has 0 aliphatic heterocycles. The molecule has 0 amide bonds. The molecule has 0 bridgehead atoms. The van der Waals surface area contributed by atoms with Crippen molar-refractivity contribution < 1.29 is 20.4 Å². The first kappa shape index (κ1) is 13.1. The van der Waals surface area contributed by atoms with Crippen LogP contribution in [0.1, 0.15) is 24.0 Å². The standard InChI is InChI=1S/C14H11S.ClH.Ti/c1-2-6-11(5-1)13-9-15-10-14(13)12-7-3-4-8-12;;/h1-5,7,9H,6,8H2;1H;. The Morgan fingerprint density at radius 2 is 1.65 bits per heavy atom. The zero-order valence-electron chi connectivity index (χ0n) is 9.27. The summed E-state index contributed by atoms with van der Waals surface area (Å²) < 4.78 is 1.44. The van der Waals surface area contributed by atoms with Crippen LogP contribution in [0.3, 0.4) is 0 Å². The van der Waals surface area contributed by atoms with Crippen molar-refractivity contribution in [2.24, 2.45) is 0 Å². The molecule has 0 unspecified atom stereocenters. The maximum atomic E-state index is 2.31. The van der Waals surface area contributed by atoms with Crippen LogP contribution >= 0.6 is 23.7 Å². The van der Waals surface area contributed by atoms with Crippen molar-refractivity contribution in [3.05, 3.63) is 53.0 Å². The fraction of sp³-hybridized carbons (Fsp3) is 0.143. The van der Waals surface area contributed by atoms with Crippen molar-refractivity contribution in [2.45, 2.75) is 12.8 Å². The summed E-state index contributed by atoms with van der Waals surface area (Å²) in [6.07, 6.45) is 15.5. The number of halogens is 1. The maximum absolute atomic E-state index is 2.31. The molecule has 0 atom stereocenters. The van der Waals surface area contributed by atoms with Crippen LogP contribution in [0.5, 0.6) is 0 Å². The van der Waals surface area contributed by atoms with E-state index in [1.165, 1.54) is 25.5 Å². The Hall–Kier alpha value is -0.336. The van der Waals surface area contributed by atoms with Gasteiger partial charge >= 0.3 is 112 Å². The normalized spacial score (nSPS) is 16.9. The number of rotatable bonds is 2. The van der Waals surface area contributed by atoms with Gasteiger partial charge in [0.1, 0.15) is 0 Å². The molecule has 0 fully saturated rings. The van der Waals surface area contributed by atoms with Gasteiger partial charge in [-0.2, -0.15) is 0 Å². The Bertz CT molecular complexity index is 547. The van der Waals surface area contributed by atoms with Gasteiger partial charge in [0, 0.05) is 0 Å². The van der Waals surface area contributed by atoms with Gasteiger partial charge in [-0.1, -0.05) is 0 Å². The zero-order chi connectivity index (χ0) is 11.0. The second-order valence-electron chi connectivity index (χ2n) is 4.00. The molecule has 0 aromatic carbocycles. The summed E-state index contributed by atoms with van der Waals surface area (Å²) in [5, 5.41) is 2.31. The fourth-order valence-electron chi connectivity index (χ4n) is 2.19. The molecule has 3 rings (SSSR count). The second kappa shape index (κ2) is 5.54. The zero-order valence-corrected chi connectivity index (χ0v) is 12.5. The topological polar surface area (TPSA) is 0 Å². The van der Waals surface area contributed by atoms with E-state index in [-0.39, 0.29) is 12.4 Å². The summed E-state index contributed by atoms with van der Waals surface area (Å²) in [6, 6.07) is 0. The van der Waals surface area contributed by atoms with E-state index >= 15 is 0 Å². The van der Waals surface area contributed by atoms with E-state index in [1.54, 1.807) is 0 Å². The number of thiophene rings is 1. The van der Waals surface area contributed by atoms with E-state index in [0.29, 0.717) is 0 Å². The van der Waals surface area contributed by atoms with Gasteiger partial charge in [0.15, 0.2) is 0 Å². The first-order valence-corrected chi connectivity index (χ1v) is 7.07. The molecule has 0 nitrogen and oxygen atoms in total. The molecule has 0 saturated carbocycles. The molecule has 1 aromatic heterocycles. The van der Waals surface area contributed by atoms with Crippen LogP contribution in [0.2, 0.25) is 0 Å². The Kier molecular flexibility index (Phi) is 4.27. The van der Waals surface area contributed by atoms with E-state index in [9.17, 15) is 0 Å². The van der Waals surface area contributed by atoms with E-state index in [1.807, 2.05) is 11.3 Å². The predicted molar refractivity (Wildman–Crippen MR) is 74.7 cm³/mol. The third kappa shape index (κ3) is 2.43. The van der Waals surface area contributed by atoms with E-state index in [0.717, 1.165) is 12.8 Å². The van der Waals surface area contributed by atoms with E-state index < -0.39 is 0 Å². The number of hydrogen-bond acceptors (Lipinski definition) is 1. The van der Waals surface area contributed by atoms with Crippen LogP contribution in [0.4, 0.5) is 0 Å². The van der Waals surface area contributed by atoms with Crippen molar-refractivity contribution >= 4 is 38.1 Å². The SMILES string of the molecule is Cl.[Ti][c]1scc(C2=CC=CC2)c1C1=CC=CC1. The molecule has 2 aliphatic carbocycles. The molecular weight excluding hydrogens is 284 g/mol. The van der Waals surface area contributed by atoms with E-state index in [2.05, 4.69) is 62.3 Å². The quantitative estimate of drug-likeness (QED) is 0.723. The third-order valence-electron chi connectivity index (χ3n) is 3.00. The van der Waals surface area contributed by atoms with Crippen LogP contribution in [-0.2, 0) is 20.4 Å². The number of allylic oxidation sites excluding steroid dienone is 8. The molecule has 1 aromatic rings. The van der Waals surface area contributed by atoms with Gasteiger partial charge in [-0.05, 0) is 0 Å². The summed E-state index contributed by atoms with van der Waals surface area (Å²) in [7, 11) is 0. The van der Waals surface area contributed by atoms with Crippen LogP contribution in [-0.4, -0.2) is 0 Å². The first-order chi connectivity index (χ1) is 7.86. The van der Waals surface area contributed by atoms with Gasteiger partial charge in [-0.15, -0.1) is 12.4 Å². The molecule has 85 valence electrons. The van der Waals surface area contributed by atoms with Crippen molar-refractivity contribution in [1.82, 2.24) is 0 Å². The molecule has 0 saturated heterocycles. The summed E-state index contributed by atoms with van der Waals surface area (Å²) >= 11 is 4.10. The minimum absolute atomic E-state index is 0. The van der Waals surface area contributed by atoms with Gasteiger partial charge in [0.05, 0.1) is 0 Å². The molecular formula is C14H12ClSTi. The van der Waals surface area contributed by atoms with Crippen molar-refractivity contribution in [3.8, 4) is 0 Å². The molecule has 2 aliphatic rings.